The van der Waals surface area contributed by atoms with E-state index in [0.29, 0.717) is 22.4 Å². The molecule has 150 valence electrons. The van der Waals surface area contributed by atoms with Crippen molar-refractivity contribution in [3.63, 3.8) is 0 Å². The number of ether oxygens (including phenoxy) is 1. The van der Waals surface area contributed by atoms with Gasteiger partial charge in [-0.05, 0) is 24.7 Å². The minimum atomic E-state index is -0.504. The number of amides is 1. The number of anilines is 1. The summed E-state index contributed by atoms with van der Waals surface area (Å²) in [6.07, 6.45) is 3.88. The molecular weight excluding hydrogens is 394 g/mol. The molecule has 2 aromatic rings. The summed E-state index contributed by atoms with van der Waals surface area (Å²) in [6.45, 7) is 7.59. The van der Waals surface area contributed by atoms with Gasteiger partial charge in [0.25, 0.3) is 0 Å². The molecule has 1 amide bonds. The van der Waals surface area contributed by atoms with Gasteiger partial charge in [-0.25, -0.2) is 9.48 Å². The van der Waals surface area contributed by atoms with Crippen molar-refractivity contribution in [3.05, 3.63) is 45.9 Å². The van der Waals surface area contributed by atoms with Gasteiger partial charge in [0, 0.05) is 32.7 Å². The lowest BCUT2D eigenvalue weighted by Gasteiger charge is -2.33. The lowest BCUT2D eigenvalue weighted by molar-refractivity contribution is 0.110. The third-order valence-corrected chi connectivity index (χ3v) is 5.59. The molecule has 0 aliphatic carbocycles. The van der Waals surface area contributed by atoms with Gasteiger partial charge < -0.3 is 4.74 Å². The number of hydrogen-bond acceptors (Lipinski definition) is 7. The fourth-order valence-electron chi connectivity index (χ4n) is 2.91. The van der Waals surface area contributed by atoms with Crippen LogP contribution in [0.15, 0.2) is 36.4 Å². The molecule has 9 heteroatoms. The first kappa shape index (κ1) is 20.7. The van der Waals surface area contributed by atoms with Crippen LogP contribution in [0.3, 0.4) is 0 Å². The number of aromatic nitrogens is 2. The molecule has 0 saturated carbocycles. The van der Waals surface area contributed by atoms with Crippen molar-refractivity contribution in [2.24, 2.45) is 0 Å². The van der Waals surface area contributed by atoms with Crippen LogP contribution in [-0.2, 0) is 11.4 Å². The van der Waals surface area contributed by atoms with E-state index < -0.39 is 6.09 Å². The number of piperazine rings is 1. The van der Waals surface area contributed by atoms with Gasteiger partial charge in [-0.1, -0.05) is 53.8 Å². The minimum Gasteiger partial charge on any atom is -0.450 e. The second kappa shape index (κ2) is 10.5. The number of carbonyl (C=O) groups excluding carboxylic acids is 1. The van der Waals surface area contributed by atoms with Gasteiger partial charge in [-0.2, -0.15) is 0 Å². The molecule has 3 rings (SSSR count). The average molecular weight is 420 g/mol. The molecule has 0 radical (unpaired) electrons. The molecule has 1 aliphatic rings. The van der Waals surface area contributed by atoms with E-state index in [1.165, 1.54) is 16.9 Å². The van der Waals surface area contributed by atoms with Gasteiger partial charge in [-0.15, -0.1) is 5.10 Å². The summed E-state index contributed by atoms with van der Waals surface area (Å²) in [6, 6.07) is 10.3. The lowest BCUT2D eigenvalue weighted by Crippen LogP contribution is -2.46. The number of carbonyl (C=O) groups is 1. The largest absolute Gasteiger partial charge is 0.450 e. The van der Waals surface area contributed by atoms with Crippen molar-refractivity contribution < 1.29 is 9.53 Å². The van der Waals surface area contributed by atoms with Crippen molar-refractivity contribution in [1.29, 1.82) is 0 Å². The average Bonchev–Trinajstić information content (AvgIpc) is 3.03. The van der Waals surface area contributed by atoms with Crippen LogP contribution in [0.4, 0.5) is 9.93 Å². The second-order valence-electron chi connectivity index (χ2n) is 6.39. The Hall–Kier alpha value is -2.07. The van der Waals surface area contributed by atoms with Crippen LogP contribution in [-0.4, -0.2) is 65.0 Å². The van der Waals surface area contributed by atoms with Gasteiger partial charge in [0.15, 0.2) is 3.95 Å². The standard InChI is InChI=1S/C19H25N5O2S2/c1-2-26-18(25)20-17-21-24(19(27)28-17)15-23-13-11-22(12-14-23)10-6-9-16-7-4-3-5-8-16/h3-9H,2,10-15H2,1H3,(H,20,21,25)/b9-6+. The number of nitrogens with zero attached hydrogens (tertiary/aromatic N) is 4. The highest BCUT2D eigenvalue weighted by Gasteiger charge is 2.17. The van der Waals surface area contributed by atoms with E-state index in [1.54, 1.807) is 11.6 Å². The second-order valence-corrected chi connectivity index (χ2v) is 8.01. The van der Waals surface area contributed by atoms with Crippen LogP contribution in [0, 0.1) is 3.95 Å². The highest BCUT2D eigenvalue weighted by atomic mass is 32.1. The van der Waals surface area contributed by atoms with Gasteiger partial charge >= 0.3 is 6.09 Å². The van der Waals surface area contributed by atoms with E-state index in [9.17, 15) is 4.79 Å². The molecule has 1 saturated heterocycles. The van der Waals surface area contributed by atoms with E-state index in [1.807, 2.05) is 6.07 Å². The maximum Gasteiger partial charge on any atom is 0.413 e. The van der Waals surface area contributed by atoms with Crippen molar-refractivity contribution in [1.82, 2.24) is 19.6 Å². The monoisotopic (exact) mass is 419 g/mol. The fraction of sp³-hybridized carbons (Fsp3) is 0.421. The Balaban J connectivity index is 1.44. The number of hydrogen-bond donors (Lipinski definition) is 1. The highest BCUT2D eigenvalue weighted by molar-refractivity contribution is 7.73. The molecule has 7 nitrogen and oxygen atoms in total. The van der Waals surface area contributed by atoms with Gasteiger partial charge in [0.05, 0.1) is 13.3 Å². The number of benzene rings is 1. The SMILES string of the molecule is CCOC(=O)Nc1nn(CN2CCN(C/C=C/c3ccccc3)CC2)c(=S)s1. The van der Waals surface area contributed by atoms with Crippen LogP contribution in [0.25, 0.3) is 6.08 Å². The third kappa shape index (κ3) is 6.23. The zero-order valence-electron chi connectivity index (χ0n) is 15.9. The van der Waals surface area contributed by atoms with Crippen LogP contribution < -0.4 is 5.32 Å². The summed E-state index contributed by atoms with van der Waals surface area (Å²) in [5.41, 5.74) is 1.23. The van der Waals surface area contributed by atoms with E-state index >= 15 is 0 Å². The van der Waals surface area contributed by atoms with Gasteiger partial charge in [0.1, 0.15) is 0 Å². The van der Waals surface area contributed by atoms with Crippen LogP contribution in [0.5, 0.6) is 0 Å². The zero-order valence-corrected chi connectivity index (χ0v) is 17.5. The van der Waals surface area contributed by atoms with Crippen molar-refractivity contribution in [2.45, 2.75) is 13.6 Å². The molecule has 0 atom stereocenters. The maximum atomic E-state index is 11.5. The summed E-state index contributed by atoms with van der Waals surface area (Å²) in [5.74, 6) is 0. The highest BCUT2D eigenvalue weighted by Crippen LogP contribution is 2.15. The molecule has 1 N–H and O–H groups in total. The van der Waals surface area contributed by atoms with E-state index in [4.69, 9.17) is 17.0 Å². The van der Waals surface area contributed by atoms with Gasteiger partial charge in [0.2, 0.25) is 5.13 Å². The topological polar surface area (TPSA) is 62.6 Å². The maximum absolute atomic E-state index is 11.5. The van der Waals surface area contributed by atoms with Crippen molar-refractivity contribution in [2.75, 3.05) is 44.6 Å². The normalized spacial score (nSPS) is 15.8. The third-order valence-electron chi connectivity index (χ3n) is 4.36. The molecule has 0 spiro atoms. The Kier molecular flexibility index (Phi) is 7.72. The predicted molar refractivity (Wildman–Crippen MR) is 115 cm³/mol. The Morgan fingerprint density at radius 3 is 2.68 bits per heavy atom. The smallest absolute Gasteiger partial charge is 0.413 e. The quantitative estimate of drug-likeness (QED) is 0.693. The first-order valence-corrected chi connectivity index (χ1v) is 10.5. The molecule has 0 unspecified atom stereocenters. The van der Waals surface area contributed by atoms with Crippen LogP contribution in [0.1, 0.15) is 12.5 Å². The van der Waals surface area contributed by atoms with Crippen LogP contribution in [0.2, 0.25) is 0 Å². The molecule has 1 aromatic carbocycles. The number of rotatable bonds is 7. The summed E-state index contributed by atoms with van der Waals surface area (Å²) >= 11 is 6.64. The first-order chi connectivity index (χ1) is 13.6. The van der Waals surface area contributed by atoms with Gasteiger partial charge in [-0.3, -0.25) is 15.1 Å². The first-order valence-electron chi connectivity index (χ1n) is 9.32. The molecule has 28 heavy (non-hydrogen) atoms. The van der Waals surface area contributed by atoms with E-state index in [-0.39, 0.29) is 0 Å². The Bertz CT molecular complexity index is 842. The summed E-state index contributed by atoms with van der Waals surface area (Å²) < 4.78 is 7.26. The molecule has 1 aromatic heterocycles. The Morgan fingerprint density at radius 2 is 1.96 bits per heavy atom. The molecular formula is C19H25N5O2S2. The number of nitrogens with one attached hydrogen (secondary N) is 1. The van der Waals surface area contributed by atoms with Crippen LogP contribution >= 0.6 is 23.6 Å². The van der Waals surface area contributed by atoms with Crippen molar-refractivity contribution in [3.8, 4) is 0 Å². The zero-order chi connectivity index (χ0) is 19.8. The predicted octanol–water partition coefficient (Wildman–Crippen LogP) is 3.53. The fourth-order valence-corrected chi connectivity index (χ4v) is 3.88. The van der Waals surface area contributed by atoms with E-state index in [2.05, 4.69) is 56.6 Å². The van der Waals surface area contributed by atoms with E-state index in [0.717, 1.165) is 32.7 Å². The van der Waals surface area contributed by atoms with Crippen molar-refractivity contribution >= 4 is 40.9 Å². The Labute approximate surface area is 174 Å². The molecule has 0 bridgehead atoms. The molecule has 2 heterocycles. The summed E-state index contributed by atoms with van der Waals surface area (Å²) in [5, 5.41) is 7.46. The Morgan fingerprint density at radius 1 is 1.25 bits per heavy atom. The summed E-state index contributed by atoms with van der Waals surface area (Å²) in [4.78, 5) is 16.3. The minimum absolute atomic E-state index is 0.322. The molecule has 1 aliphatic heterocycles. The lowest BCUT2D eigenvalue weighted by atomic mass is 10.2. The summed E-state index contributed by atoms with van der Waals surface area (Å²) in [7, 11) is 0. The molecule has 1 fully saturated rings.